The van der Waals surface area contributed by atoms with E-state index >= 15 is 0 Å². The lowest BCUT2D eigenvalue weighted by molar-refractivity contribution is -0.693. The molecule has 54 valence electrons. The Labute approximate surface area is 59.9 Å². The fourth-order valence-electron chi connectivity index (χ4n) is 0.870. The predicted molar refractivity (Wildman–Crippen MR) is 36.7 cm³/mol. The fourth-order valence-corrected chi connectivity index (χ4v) is 0.870. The second kappa shape index (κ2) is 2.64. The van der Waals surface area contributed by atoms with Crippen LogP contribution in [0.2, 0.25) is 0 Å². The molecule has 0 saturated heterocycles. The summed E-state index contributed by atoms with van der Waals surface area (Å²) in [5.41, 5.74) is 0.710. The minimum atomic E-state index is 0.710. The maximum atomic E-state index is 10.3. The number of nitrogens with zero attached hydrogens (tertiary/aromatic N) is 2. The zero-order chi connectivity index (χ0) is 7.56. The molecule has 0 spiro atoms. The average Bonchev–Trinajstić information content (AvgIpc) is 2.30. The topological polar surface area (TPSA) is 25.9 Å². The molecule has 0 bridgehead atoms. The number of aryl methyl sites for hydroxylation is 2. The molecule has 0 fully saturated rings. The van der Waals surface area contributed by atoms with Crippen LogP contribution in [0.25, 0.3) is 0 Å². The SMILES string of the molecule is CC[n+]1cc(C=O)n(C)c1. The lowest BCUT2D eigenvalue weighted by atomic mass is 10.5. The van der Waals surface area contributed by atoms with E-state index in [-0.39, 0.29) is 0 Å². The first-order valence-electron chi connectivity index (χ1n) is 3.28. The third kappa shape index (κ3) is 1.07. The van der Waals surface area contributed by atoms with Crippen molar-refractivity contribution in [1.82, 2.24) is 4.57 Å². The van der Waals surface area contributed by atoms with Crippen molar-refractivity contribution in [3.05, 3.63) is 18.2 Å². The Morgan fingerprint density at radius 2 is 2.50 bits per heavy atom. The van der Waals surface area contributed by atoms with E-state index in [1.807, 2.05) is 31.1 Å². The molecule has 0 atom stereocenters. The molecule has 1 rings (SSSR count). The van der Waals surface area contributed by atoms with E-state index < -0.39 is 0 Å². The molecule has 0 radical (unpaired) electrons. The highest BCUT2D eigenvalue weighted by Gasteiger charge is 2.05. The summed E-state index contributed by atoms with van der Waals surface area (Å²) in [6.45, 7) is 2.94. The largest absolute Gasteiger partial charge is 0.294 e. The maximum Gasteiger partial charge on any atom is 0.244 e. The molecule has 0 saturated carbocycles. The van der Waals surface area contributed by atoms with Crippen molar-refractivity contribution in [2.24, 2.45) is 7.05 Å². The monoisotopic (exact) mass is 139 g/mol. The number of hydrogen-bond acceptors (Lipinski definition) is 1. The first kappa shape index (κ1) is 6.99. The number of rotatable bonds is 2. The highest BCUT2D eigenvalue weighted by atomic mass is 16.1. The summed E-state index contributed by atoms with van der Waals surface area (Å²) in [6.07, 6.45) is 4.57. The molecule has 0 aliphatic heterocycles. The number of carbonyl (C=O) groups excluding carboxylic acids is 1. The van der Waals surface area contributed by atoms with Gasteiger partial charge in [-0.2, -0.15) is 0 Å². The van der Waals surface area contributed by atoms with Gasteiger partial charge in [-0.1, -0.05) is 0 Å². The van der Waals surface area contributed by atoms with Crippen LogP contribution >= 0.6 is 0 Å². The third-order valence-electron chi connectivity index (χ3n) is 1.51. The number of carbonyl (C=O) groups is 1. The Morgan fingerprint density at radius 1 is 1.80 bits per heavy atom. The van der Waals surface area contributed by atoms with Gasteiger partial charge in [0.25, 0.3) is 0 Å². The zero-order valence-electron chi connectivity index (χ0n) is 6.24. The average molecular weight is 139 g/mol. The van der Waals surface area contributed by atoms with Gasteiger partial charge in [-0.15, -0.1) is 0 Å². The van der Waals surface area contributed by atoms with Crippen LogP contribution in [-0.2, 0) is 13.6 Å². The van der Waals surface area contributed by atoms with Crippen LogP contribution in [0, 0.1) is 0 Å². The summed E-state index contributed by atoms with van der Waals surface area (Å²) >= 11 is 0. The van der Waals surface area contributed by atoms with Crippen LogP contribution in [-0.4, -0.2) is 10.9 Å². The van der Waals surface area contributed by atoms with Crippen molar-refractivity contribution in [2.45, 2.75) is 13.5 Å². The van der Waals surface area contributed by atoms with Crippen LogP contribution in [0.1, 0.15) is 17.4 Å². The van der Waals surface area contributed by atoms with Gasteiger partial charge in [0, 0.05) is 0 Å². The predicted octanol–water partition coefficient (Wildman–Crippen LogP) is 0.145. The van der Waals surface area contributed by atoms with Crippen LogP contribution < -0.4 is 4.57 Å². The quantitative estimate of drug-likeness (QED) is 0.423. The number of hydrogen-bond donors (Lipinski definition) is 0. The second-order valence-corrected chi connectivity index (χ2v) is 2.23. The van der Waals surface area contributed by atoms with Crippen LogP contribution in [0.15, 0.2) is 12.5 Å². The zero-order valence-corrected chi connectivity index (χ0v) is 6.24. The van der Waals surface area contributed by atoms with Gasteiger partial charge in [0.15, 0.2) is 6.29 Å². The first-order chi connectivity index (χ1) is 4.77. The van der Waals surface area contributed by atoms with Gasteiger partial charge in [0.1, 0.15) is 6.20 Å². The number of imidazole rings is 1. The molecule has 3 nitrogen and oxygen atoms in total. The standard InChI is InChI=1S/C7H11N2O/c1-3-9-4-7(5-10)8(2)6-9/h4-6H,3H2,1-2H3/q+1. The van der Waals surface area contributed by atoms with E-state index in [9.17, 15) is 4.79 Å². The molecule has 0 unspecified atom stereocenters. The third-order valence-corrected chi connectivity index (χ3v) is 1.51. The van der Waals surface area contributed by atoms with Gasteiger partial charge >= 0.3 is 0 Å². The van der Waals surface area contributed by atoms with Crippen molar-refractivity contribution in [2.75, 3.05) is 0 Å². The highest BCUT2D eigenvalue weighted by Crippen LogP contribution is 1.87. The maximum absolute atomic E-state index is 10.3. The summed E-state index contributed by atoms with van der Waals surface area (Å²) in [6, 6.07) is 0. The number of aromatic nitrogens is 2. The minimum absolute atomic E-state index is 0.710. The molecule has 0 amide bonds. The molecule has 1 aromatic rings. The lowest BCUT2D eigenvalue weighted by Gasteiger charge is -1.81. The summed E-state index contributed by atoms with van der Waals surface area (Å²) < 4.78 is 3.76. The molecule has 0 aliphatic rings. The number of aldehydes is 1. The Balaban J connectivity index is 3.03. The van der Waals surface area contributed by atoms with E-state index in [1.165, 1.54) is 0 Å². The van der Waals surface area contributed by atoms with E-state index in [4.69, 9.17) is 0 Å². The van der Waals surface area contributed by atoms with E-state index in [2.05, 4.69) is 0 Å². The van der Waals surface area contributed by atoms with E-state index in [1.54, 1.807) is 4.57 Å². The van der Waals surface area contributed by atoms with Gasteiger partial charge in [0.05, 0.1) is 13.6 Å². The van der Waals surface area contributed by atoms with E-state index in [0.29, 0.717) is 5.69 Å². The Hall–Kier alpha value is -1.12. The smallest absolute Gasteiger partial charge is 0.244 e. The van der Waals surface area contributed by atoms with Gasteiger partial charge in [-0.3, -0.25) is 4.79 Å². The molecule has 0 N–H and O–H groups in total. The first-order valence-corrected chi connectivity index (χ1v) is 3.28. The van der Waals surface area contributed by atoms with E-state index in [0.717, 1.165) is 12.8 Å². The van der Waals surface area contributed by atoms with Crippen LogP contribution in [0.5, 0.6) is 0 Å². The lowest BCUT2D eigenvalue weighted by Crippen LogP contribution is -2.28. The van der Waals surface area contributed by atoms with Gasteiger partial charge in [-0.05, 0) is 6.92 Å². The van der Waals surface area contributed by atoms with Crippen molar-refractivity contribution in [3.8, 4) is 0 Å². The summed E-state index contributed by atoms with van der Waals surface area (Å²) in [5.74, 6) is 0. The summed E-state index contributed by atoms with van der Waals surface area (Å²) in [5, 5.41) is 0. The highest BCUT2D eigenvalue weighted by molar-refractivity contribution is 5.70. The molecular formula is C7H11N2O+. The molecular weight excluding hydrogens is 128 g/mol. The van der Waals surface area contributed by atoms with Crippen LogP contribution in [0.4, 0.5) is 0 Å². The molecule has 3 heteroatoms. The van der Waals surface area contributed by atoms with Gasteiger partial charge < -0.3 is 0 Å². The van der Waals surface area contributed by atoms with Gasteiger partial charge in [-0.25, -0.2) is 9.13 Å². The Morgan fingerprint density at radius 3 is 2.80 bits per heavy atom. The van der Waals surface area contributed by atoms with Crippen molar-refractivity contribution in [3.63, 3.8) is 0 Å². The fraction of sp³-hybridized carbons (Fsp3) is 0.429. The molecule has 1 aromatic heterocycles. The van der Waals surface area contributed by atoms with Crippen molar-refractivity contribution in [1.29, 1.82) is 0 Å². The molecule has 10 heavy (non-hydrogen) atoms. The molecule has 0 aromatic carbocycles. The van der Waals surface area contributed by atoms with Crippen molar-refractivity contribution >= 4 is 6.29 Å². The summed E-state index contributed by atoms with van der Waals surface area (Å²) in [7, 11) is 1.86. The normalized spacial score (nSPS) is 9.80. The minimum Gasteiger partial charge on any atom is -0.294 e. The Bertz CT molecular complexity index is 240. The second-order valence-electron chi connectivity index (χ2n) is 2.23. The molecule has 1 heterocycles. The summed E-state index contributed by atoms with van der Waals surface area (Å²) in [4.78, 5) is 10.3. The van der Waals surface area contributed by atoms with Gasteiger partial charge in [0.2, 0.25) is 12.0 Å². The van der Waals surface area contributed by atoms with Crippen molar-refractivity contribution < 1.29 is 9.36 Å². The Kier molecular flexibility index (Phi) is 1.85. The molecule has 0 aliphatic carbocycles. The van der Waals surface area contributed by atoms with Crippen LogP contribution in [0.3, 0.4) is 0 Å².